The van der Waals surface area contributed by atoms with Crippen LogP contribution in [0.3, 0.4) is 0 Å². The summed E-state index contributed by atoms with van der Waals surface area (Å²) >= 11 is 0. The zero-order valence-corrected chi connectivity index (χ0v) is 11.9. The molecule has 0 saturated heterocycles. The lowest BCUT2D eigenvalue weighted by Gasteiger charge is -2.05. The van der Waals surface area contributed by atoms with E-state index >= 15 is 0 Å². The maximum atomic E-state index is 13.8. The van der Waals surface area contributed by atoms with Crippen LogP contribution in [0.15, 0.2) is 49.2 Å². The van der Waals surface area contributed by atoms with E-state index in [1.54, 1.807) is 24.4 Å². The van der Waals surface area contributed by atoms with Crippen LogP contribution in [-0.4, -0.2) is 25.5 Å². The molecule has 3 aromatic rings. The summed E-state index contributed by atoms with van der Waals surface area (Å²) in [6.07, 6.45) is 5.89. The molecule has 1 aromatic carbocycles. The molecule has 0 saturated carbocycles. The SMILES string of the molecule is Cc1ccc(F)c(Cn2ccc(C(=O)c3cncnc3)n2)c1. The molecule has 5 nitrogen and oxygen atoms in total. The maximum absolute atomic E-state index is 13.8. The van der Waals surface area contributed by atoms with Gasteiger partial charge in [0.1, 0.15) is 17.8 Å². The molecule has 0 radical (unpaired) electrons. The van der Waals surface area contributed by atoms with Crippen LogP contribution in [0.4, 0.5) is 4.39 Å². The number of hydrogen-bond donors (Lipinski definition) is 0. The Kier molecular flexibility index (Phi) is 3.74. The molecule has 0 unspecified atom stereocenters. The van der Waals surface area contributed by atoms with Gasteiger partial charge in [-0.3, -0.25) is 9.48 Å². The average molecular weight is 296 g/mol. The Hall–Kier alpha value is -2.89. The van der Waals surface area contributed by atoms with Gasteiger partial charge >= 0.3 is 0 Å². The minimum Gasteiger partial charge on any atom is -0.287 e. The van der Waals surface area contributed by atoms with E-state index in [1.165, 1.54) is 29.5 Å². The number of halogens is 1. The molecule has 3 rings (SSSR count). The third kappa shape index (κ3) is 2.90. The van der Waals surface area contributed by atoms with Crippen LogP contribution in [-0.2, 0) is 6.54 Å². The molecular formula is C16H13FN4O. The van der Waals surface area contributed by atoms with Gasteiger partial charge in [0.25, 0.3) is 0 Å². The van der Waals surface area contributed by atoms with Crippen LogP contribution >= 0.6 is 0 Å². The first-order chi connectivity index (χ1) is 10.6. The van der Waals surface area contributed by atoms with Gasteiger partial charge in [-0.1, -0.05) is 17.7 Å². The van der Waals surface area contributed by atoms with Gasteiger partial charge in [-0.15, -0.1) is 0 Å². The van der Waals surface area contributed by atoms with Crippen molar-refractivity contribution in [1.29, 1.82) is 0 Å². The summed E-state index contributed by atoms with van der Waals surface area (Å²) in [6.45, 7) is 2.17. The second-order valence-electron chi connectivity index (χ2n) is 4.95. The molecule has 22 heavy (non-hydrogen) atoms. The number of carbonyl (C=O) groups excluding carboxylic acids is 1. The van der Waals surface area contributed by atoms with E-state index in [9.17, 15) is 9.18 Å². The minimum atomic E-state index is -0.287. The highest BCUT2D eigenvalue weighted by Crippen LogP contribution is 2.12. The molecule has 0 aliphatic heterocycles. The van der Waals surface area contributed by atoms with Crippen LogP contribution in [0.2, 0.25) is 0 Å². The van der Waals surface area contributed by atoms with Gasteiger partial charge in [0.15, 0.2) is 0 Å². The predicted octanol–water partition coefficient (Wildman–Crippen LogP) is 2.40. The quantitative estimate of drug-likeness (QED) is 0.694. The number of nitrogens with zero attached hydrogens (tertiary/aromatic N) is 4. The zero-order valence-electron chi connectivity index (χ0n) is 11.9. The lowest BCUT2D eigenvalue weighted by atomic mass is 10.1. The van der Waals surface area contributed by atoms with Crippen molar-refractivity contribution in [2.24, 2.45) is 0 Å². The summed E-state index contributed by atoms with van der Waals surface area (Å²) in [5.41, 5.74) is 2.16. The third-order valence-electron chi connectivity index (χ3n) is 3.23. The highest BCUT2D eigenvalue weighted by molar-refractivity contribution is 6.07. The maximum Gasteiger partial charge on any atom is 0.216 e. The van der Waals surface area contributed by atoms with E-state index in [1.807, 2.05) is 6.92 Å². The smallest absolute Gasteiger partial charge is 0.216 e. The fourth-order valence-corrected chi connectivity index (χ4v) is 2.13. The third-order valence-corrected chi connectivity index (χ3v) is 3.23. The Labute approximate surface area is 126 Å². The normalized spacial score (nSPS) is 10.6. The summed E-state index contributed by atoms with van der Waals surface area (Å²) in [6, 6.07) is 6.51. The van der Waals surface area contributed by atoms with Gasteiger partial charge in [-0.2, -0.15) is 5.10 Å². The highest BCUT2D eigenvalue weighted by Gasteiger charge is 2.13. The van der Waals surface area contributed by atoms with E-state index in [0.717, 1.165) is 5.56 Å². The second-order valence-corrected chi connectivity index (χ2v) is 4.95. The predicted molar refractivity (Wildman–Crippen MR) is 77.9 cm³/mol. The first-order valence-electron chi connectivity index (χ1n) is 6.71. The molecule has 0 amide bonds. The number of hydrogen-bond acceptors (Lipinski definition) is 4. The van der Waals surface area contributed by atoms with Gasteiger partial charge in [0.05, 0.1) is 12.1 Å². The molecule has 0 spiro atoms. The lowest BCUT2D eigenvalue weighted by Crippen LogP contribution is -2.07. The summed E-state index contributed by atoms with van der Waals surface area (Å²) in [5, 5.41) is 4.20. The minimum absolute atomic E-state index is 0.260. The number of ketones is 1. The fraction of sp³-hybridized carbons (Fsp3) is 0.125. The largest absolute Gasteiger partial charge is 0.287 e. The van der Waals surface area contributed by atoms with Crippen LogP contribution in [0.25, 0.3) is 0 Å². The summed E-state index contributed by atoms with van der Waals surface area (Å²) in [7, 11) is 0. The van der Waals surface area contributed by atoms with Crippen molar-refractivity contribution < 1.29 is 9.18 Å². The molecular weight excluding hydrogens is 283 g/mol. The van der Waals surface area contributed by atoms with E-state index in [0.29, 0.717) is 11.1 Å². The molecule has 110 valence electrons. The highest BCUT2D eigenvalue weighted by atomic mass is 19.1. The van der Waals surface area contributed by atoms with Gasteiger partial charge in [0.2, 0.25) is 5.78 Å². The van der Waals surface area contributed by atoms with E-state index in [4.69, 9.17) is 0 Å². The number of aromatic nitrogens is 4. The van der Waals surface area contributed by atoms with Crippen molar-refractivity contribution in [2.45, 2.75) is 13.5 Å². The van der Waals surface area contributed by atoms with E-state index < -0.39 is 0 Å². The molecule has 2 heterocycles. The van der Waals surface area contributed by atoms with Crippen molar-refractivity contribution in [2.75, 3.05) is 0 Å². The van der Waals surface area contributed by atoms with Gasteiger partial charge < -0.3 is 0 Å². The van der Waals surface area contributed by atoms with Gasteiger partial charge in [0, 0.05) is 24.2 Å². The monoisotopic (exact) mass is 296 g/mol. The van der Waals surface area contributed by atoms with Crippen molar-refractivity contribution in [1.82, 2.24) is 19.7 Å². The van der Waals surface area contributed by atoms with Crippen LogP contribution in [0, 0.1) is 12.7 Å². The second kappa shape index (κ2) is 5.85. The molecule has 0 bridgehead atoms. The molecule has 0 aliphatic carbocycles. The van der Waals surface area contributed by atoms with Gasteiger partial charge in [-0.05, 0) is 19.1 Å². The summed E-state index contributed by atoms with van der Waals surface area (Å²) in [5.74, 6) is -0.547. The Morgan fingerprint density at radius 1 is 1.23 bits per heavy atom. The Morgan fingerprint density at radius 2 is 2.00 bits per heavy atom. The molecule has 2 aromatic heterocycles. The molecule has 0 aliphatic rings. The molecule has 6 heteroatoms. The lowest BCUT2D eigenvalue weighted by molar-refractivity contribution is 0.103. The van der Waals surface area contributed by atoms with Crippen molar-refractivity contribution >= 4 is 5.78 Å². The van der Waals surface area contributed by atoms with E-state index in [2.05, 4.69) is 15.1 Å². The topological polar surface area (TPSA) is 60.7 Å². The molecule has 0 atom stereocenters. The van der Waals surface area contributed by atoms with Gasteiger partial charge in [-0.25, -0.2) is 14.4 Å². The number of rotatable bonds is 4. The van der Waals surface area contributed by atoms with Crippen molar-refractivity contribution in [3.05, 3.63) is 77.4 Å². The zero-order chi connectivity index (χ0) is 15.5. The molecule has 0 fully saturated rings. The standard InChI is InChI=1S/C16H13FN4O/c1-11-2-3-14(17)12(6-11)9-21-5-4-15(20-21)16(22)13-7-18-10-19-8-13/h2-8,10H,9H2,1H3. The first kappa shape index (κ1) is 14.1. The Morgan fingerprint density at radius 3 is 2.77 bits per heavy atom. The number of aryl methyl sites for hydroxylation is 1. The van der Waals surface area contributed by atoms with Crippen LogP contribution in [0.5, 0.6) is 0 Å². The van der Waals surface area contributed by atoms with Crippen molar-refractivity contribution in [3.8, 4) is 0 Å². The van der Waals surface area contributed by atoms with E-state index in [-0.39, 0.29) is 23.8 Å². The summed E-state index contributed by atoms with van der Waals surface area (Å²) in [4.78, 5) is 19.8. The number of carbonyl (C=O) groups is 1. The Balaban J connectivity index is 1.82. The Bertz CT molecular complexity index is 814. The first-order valence-corrected chi connectivity index (χ1v) is 6.71. The fourth-order valence-electron chi connectivity index (χ4n) is 2.13. The summed E-state index contributed by atoms with van der Waals surface area (Å²) < 4.78 is 15.3. The number of benzene rings is 1. The average Bonchev–Trinajstić information content (AvgIpc) is 2.99. The van der Waals surface area contributed by atoms with Crippen LogP contribution < -0.4 is 0 Å². The van der Waals surface area contributed by atoms with Crippen LogP contribution in [0.1, 0.15) is 27.2 Å². The molecule has 0 N–H and O–H groups in total. The van der Waals surface area contributed by atoms with Crippen molar-refractivity contribution in [3.63, 3.8) is 0 Å².